The van der Waals surface area contributed by atoms with Crippen LogP contribution in [0.2, 0.25) is 5.02 Å². The molecule has 0 bridgehead atoms. The predicted octanol–water partition coefficient (Wildman–Crippen LogP) is 5.31. The molecule has 0 unspecified atom stereocenters. The monoisotopic (exact) mass is 441 g/mol. The van der Waals surface area contributed by atoms with E-state index in [9.17, 15) is 10.1 Å². The molecular formula is C22H20ClN3O3S. The second kappa shape index (κ2) is 8.45. The number of furan rings is 1. The van der Waals surface area contributed by atoms with Crippen molar-refractivity contribution in [3.63, 3.8) is 0 Å². The first-order valence-electron chi connectivity index (χ1n) is 9.58. The summed E-state index contributed by atoms with van der Waals surface area (Å²) in [5.74, 6) is 1.13. The van der Waals surface area contributed by atoms with Gasteiger partial charge >= 0.3 is 0 Å². The van der Waals surface area contributed by atoms with Gasteiger partial charge in [0.1, 0.15) is 10.7 Å². The third-order valence-electron chi connectivity index (χ3n) is 5.27. The summed E-state index contributed by atoms with van der Waals surface area (Å²) in [7, 11) is 0. The number of nitro benzene ring substituents is 1. The maximum absolute atomic E-state index is 10.9. The number of rotatable bonds is 4. The molecule has 0 atom stereocenters. The minimum Gasteiger partial charge on any atom is -0.454 e. The summed E-state index contributed by atoms with van der Waals surface area (Å²) in [6.07, 6.45) is 0. The molecule has 0 radical (unpaired) electrons. The maximum Gasteiger partial charge on any atom is 0.270 e. The number of thiocarbonyl (C=S) groups is 1. The van der Waals surface area contributed by atoms with Crippen molar-refractivity contribution < 1.29 is 9.34 Å². The second-order valence-corrected chi connectivity index (χ2v) is 7.94. The highest BCUT2D eigenvalue weighted by Crippen LogP contribution is 2.32. The first-order chi connectivity index (χ1) is 14.4. The van der Waals surface area contributed by atoms with Crippen molar-refractivity contribution in [2.45, 2.75) is 6.92 Å². The number of nitrogens with zero attached hydrogens (tertiary/aromatic N) is 3. The Hall–Kier alpha value is -2.90. The third-order valence-corrected chi connectivity index (χ3v) is 6.04. The van der Waals surface area contributed by atoms with Gasteiger partial charge in [-0.15, -0.1) is 0 Å². The van der Waals surface area contributed by atoms with Gasteiger partial charge in [0.05, 0.1) is 9.95 Å². The molecular weight excluding hydrogens is 422 g/mol. The van der Waals surface area contributed by atoms with Crippen molar-refractivity contribution in [3.8, 4) is 11.3 Å². The lowest BCUT2D eigenvalue weighted by Gasteiger charge is -2.37. The van der Waals surface area contributed by atoms with Crippen molar-refractivity contribution in [3.05, 3.63) is 81.1 Å². The van der Waals surface area contributed by atoms with Crippen molar-refractivity contribution >= 4 is 40.2 Å². The van der Waals surface area contributed by atoms with E-state index in [4.69, 9.17) is 28.2 Å². The Morgan fingerprint density at radius 2 is 1.83 bits per heavy atom. The van der Waals surface area contributed by atoms with E-state index in [0.717, 1.165) is 26.2 Å². The summed E-state index contributed by atoms with van der Waals surface area (Å²) in [4.78, 5) is 15.6. The van der Waals surface area contributed by atoms with Gasteiger partial charge in [0, 0.05) is 49.6 Å². The molecule has 0 amide bonds. The normalized spacial score (nSPS) is 14.1. The lowest BCUT2D eigenvalue weighted by atomic mass is 10.1. The van der Waals surface area contributed by atoms with Crippen LogP contribution in [0, 0.1) is 17.0 Å². The first kappa shape index (κ1) is 20.4. The number of benzene rings is 2. The molecule has 1 aliphatic rings. The lowest BCUT2D eigenvalue weighted by molar-refractivity contribution is -0.384. The van der Waals surface area contributed by atoms with Crippen LogP contribution < -0.4 is 4.90 Å². The predicted molar refractivity (Wildman–Crippen MR) is 122 cm³/mol. The number of hydrogen-bond acceptors (Lipinski definition) is 5. The van der Waals surface area contributed by atoms with Gasteiger partial charge in [0.15, 0.2) is 5.76 Å². The average molecular weight is 442 g/mol. The Morgan fingerprint density at radius 3 is 2.50 bits per heavy atom. The van der Waals surface area contributed by atoms with Crippen molar-refractivity contribution in [1.29, 1.82) is 0 Å². The quantitative estimate of drug-likeness (QED) is 0.310. The molecule has 1 fully saturated rings. The van der Waals surface area contributed by atoms with Crippen LogP contribution in [0.5, 0.6) is 0 Å². The molecule has 4 rings (SSSR count). The zero-order valence-electron chi connectivity index (χ0n) is 16.4. The summed E-state index contributed by atoms with van der Waals surface area (Å²) in [5.41, 5.74) is 3.07. The van der Waals surface area contributed by atoms with E-state index in [1.54, 1.807) is 12.1 Å². The Bertz CT molecular complexity index is 1110. The largest absolute Gasteiger partial charge is 0.454 e. The zero-order valence-corrected chi connectivity index (χ0v) is 17.9. The molecule has 0 saturated carbocycles. The van der Waals surface area contributed by atoms with E-state index in [1.165, 1.54) is 23.4 Å². The number of aryl methyl sites for hydroxylation is 1. The van der Waals surface area contributed by atoms with Gasteiger partial charge in [-0.25, -0.2) is 0 Å². The van der Waals surface area contributed by atoms with Crippen molar-refractivity contribution in [2.75, 3.05) is 31.1 Å². The van der Waals surface area contributed by atoms with Crippen LogP contribution in [0.25, 0.3) is 11.3 Å². The number of piperazine rings is 1. The second-order valence-electron chi connectivity index (χ2n) is 7.15. The maximum atomic E-state index is 10.9. The van der Waals surface area contributed by atoms with Crippen LogP contribution >= 0.6 is 23.8 Å². The number of para-hydroxylation sites is 1. The average Bonchev–Trinajstić information content (AvgIpc) is 3.23. The molecule has 6 nitrogen and oxygen atoms in total. The summed E-state index contributed by atoms with van der Waals surface area (Å²) < 4.78 is 5.95. The third kappa shape index (κ3) is 4.04. The van der Waals surface area contributed by atoms with E-state index in [-0.39, 0.29) is 10.7 Å². The van der Waals surface area contributed by atoms with Crippen LogP contribution in [0.15, 0.2) is 59.0 Å². The van der Waals surface area contributed by atoms with Gasteiger partial charge in [0.2, 0.25) is 0 Å². The van der Waals surface area contributed by atoms with E-state index in [0.29, 0.717) is 22.1 Å². The van der Waals surface area contributed by atoms with E-state index < -0.39 is 4.92 Å². The summed E-state index contributed by atoms with van der Waals surface area (Å²) >= 11 is 11.9. The number of nitro groups is 1. The molecule has 1 aromatic heterocycles. The van der Waals surface area contributed by atoms with Crippen LogP contribution in [0.4, 0.5) is 11.4 Å². The van der Waals surface area contributed by atoms with Crippen LogP contribution in [-0.4, -0.2) is 41.0 Å². The zero-order chi connectivity index (χ0) is 21.3. The summed E-state index contributed by atoms with van der Waals surface area (Å²) in [5, 5.41) is 11.2. The molecule has 154 valence electrons. The first-order valence-corrected chi connectivity index (χ1v) is 10.4. The Labute approximate surface area is 184 Å². The van der Waals surface area contributed by atoms with Gasteiger partial charge in [0.25, 0.3) is 5.69 Å². The molecule has 1 saturated heterocycles. The summed E-state index contributed by atoms with van der Waals surface area (Å²) in [6.45, 7) is 5.50. The van der Waals surface area contributed by atoms with Gasteiger partial charge in [-0.05, 0) is 36.8 Å². The summed E-state index contributed by atoms with van der Waals surface area (Å²) in [6, 6.07) is 16.3. The minimum absolute atomic E-state index is 0.0578. The van der Waals surface area contributed by atoms with Gasteiger partial charge in [-0.3, -0.25) is 10.1 Å². The number of non-ortho nitro benzene ring substituents is 1. The van der Waals surface area contributed by atoms with Crippen LogP contribution in [0.3, 0.4) is 0 Å². The molecule has 2 aromatic carbocycles. The SMILES string of the molecule is Cc1ccccc1N1CCN(C(=S)c2ccc(-c3ccc([N+](=O)[O-])cc3Cl)o2)CC1. The highest BCUT2D eigenvalue weighted by Gasteiger charge is 2.23. The van der Waals surface area contributed by atoms with Crippen molar-refractivity contribution in [2.24, 2.45) is 0 Å². The van der Waals surface area contributed by atoms with Crippen LogP contribution in [-0.2, 0) is 0 Å². The molecule has 1 aliphatic heterocycles. The number of halogens is 1. The lowest BCUT2D eigenvalue weighted by Crippen LogP contribution is -2.48. The molecule has 0 N–H and O–H groups in total. The van der Waals surface area contributed by atoms with Gasteiger partial charge < -0.3 is 14.2 Å². The fraction of sp³-hybridized carbons (Fsp3) is 0.227. The van der Waals surface area contributed by atoms with Gasteiger partial charge in [-0.1, -0.05) is 42.0 Å². The molecule has 30 heavy (non-hydrogen) atoms. The molecule has 0 spiro atoms. The van der Waals surface area contributed by atoms with E-state index in [2.05, 4.69) is 41.0 Å². The standard InChI is InChI=1S/C22H20ClN3O3S/c1-15-4-2-3-5-19(15)24-10-12-25(13-11-24)22(30)21-9-8-20(29-21)17-7-6-16(26(27)28)14-18(17)23/h2-9,14H,10-13H2,1H3. The Morgan fingerprint density at radius 1 is 1.10 bits per heavy atom. The highest BCUT2D eigenvalue weighted by atomic mass is 35.5. The highest BCUT2D eigenvalue weighted by molar-refractivity contribution is 7.80. The smallest absolute Gasteiger partial charge is 0.270 e. The van der Waals surface area contributed by atoms with E-state index >= 15 is 0 Å². The minimum atomic E-state index is -0.477. The topological polar surface area (TPSA) is 62.8 Å². The van der Waals surface area contributed by atoms with Gasteiger partial charge in [-0.2, -0.15) is 0 Å². The van der Waals surface area contributed by atoms with Crippen molar-refractivity contribution in [1.82, 2.24) is 4.90 Å². The molecule has 3 aromatic rings. The molecule has 2 heterocycles. The molecule has 0 aliphatic carbocycles. The fourth-order valence-corrected chi connectivity index (χ4v) is 4.20. The Kier molecular flexibility index (Phi) is 5.74. The van der Waals surface area contributed by atoms with Crippen LogP contribution in [0.1, 0.15) is 11.3 Å². The number of hydrogen-bond donors (Lipinski definition) is 0. The number of anilines is 1. The molecule has 8 heteroatoms. The Balaban J connectivity index is 1.45. The van der Waals surface area contributed by atoms with E-state index in [1.807, 2.05) is 6.07 Å². The fourth-order valence-electron chi connectivity index (χ4n) is 3.64.